The molecule has 1 aromatic rings. The van der Waals surface area contributed by atoms with Crippen LogP contribution in [0.5, 0.6) is 0 Å². The molecule has 4 N–H and O–H groups in total. The summed E-state index contributed by atoms with van der Waals surface area (Å²) in [6.07, 6.45) is 0. The van der Waals surface area contributed by atoms with Crippen LogP contribution in [-0.2, 0) is 14.8 Å². The highest BCUT2D eigenvalue weighted by atomic mass is 32.2. The summed E-state index contributed by atoms with van der Waals surface area (Å²) in [5, 5.41) is 8.35. The molecule has 0 fully saturated rings. The molecule has 0 aliphatic rings. The third-order valence-corrected chi connectivity index (χ3v) is 3.28. The minimum Gasteiger partial charge on any atom is -0.480 e. The molecule has 92 valence electrons. The monoisotopic (exact) mass is 258 g/mol. The Morgan fingerprint density at radius 1 is 1.24 bits per heavy atom. The van der Waals surface area contributed by atoms with E-state index in [2.05, 4.69) is 0 Å². The molecule has 1 aromatic carbocycles. The molecule has 0 aliphatic heterocycles. The Morgan fingerprint density at radius 3 is 2.18 bits per heavy atom. The maximum atomic E-state index is 11.5. The molecule has 0 heterocycles. The van der Waals surface area contributed by atoms with Gasteiger partial charge in [-0.1, -0.05) is 0 Å². The summed E-state index contributed by atoms with van der Waals surface area (Å²) in [5.74, 6) is -1.96. The van der Waals surface area contributed by atoms with Gasteiger partial charge in [-0.15, -0.1) is 0 Å². The van der Waals surface area contributed by atoms with E-state index in [1.54, 1.807) is 0 Å². The first-order valence-electron chi connectivity index (χ1n) is 4.44. The number of nitrogens with one attached hydrogen (secondary N) is 1. The largest absolute Gasteiger partial charge is 0.480 e. The number of carbonyl (C=O) groups is 2. The van der Waals surface area contributed by atoms with Crippen LogP contribution in [0.1, 0.15) is 10.4 Å². The number of benzene rings is 1. The Labute approximate surface area is 97.3 Å². The van der Waals surface area contributed by atoms with Crippen molar-refractivity contribution in [2.45, 2.75) is 4.90 Å². The number of carboxylic acids is 1. The van der Waals surface area contributed by atoms with Gasteiger partial charge in [0.25, 0.3) is 0 Å². The molecule has 0 unspecified atom stereocenters. The minimum absolute atomic E-state index is 0.135. The zero-order valence-corrected chi connectivity index (χ0v) is 9.40. The van der Waals surface area contributed by atoms with Crippen molar-refractivity contribution in [3.8, 4) is 0 Å². The smallest absolute Gasteiger partial charge is 0.318 e. The number of sulfonamides is 1. The summed E-state index contributed by atoms with van der Waals surface area (Å²) in [7, 11) is -3.88. The zero-order chi connectivity index (χ0) is 13.1. The van der Waals surface area contributed by atoms with Crippen LogP contribution < -0.4 is 10.5 Å². The van der Waals surface area contributed by atoms with Crippen molar-refractivity contribution in [2.24, 2.45) is 5.73 Å². The van der Waals surface area contributed by atoms with Crippen molar-refractivity contribution in [3.05, 3.63) is 29.8 Å². The average Bonchev–Trinajstić information content (AvgIpc) is 2.27. The molecule has 7 nitrogen and oxygen atoms in total. The molecule has 0 radical (unpaired) electrons. The number of aliphatic carboxylic acids is 1. The highest BCUT2D eigenvalue weighted by Gasteiger charge is 2.15. The van der Waals surface area contributed by atoms with E-state index in [-0.39, 0.29) is 10.5 Å². The van der Waals surface area contributed by atoms with Gasteiger partial charge in [-0.3, -0.25) is 9.59 Å². The first kappa shape index (κ1) is 13.1. The Hall–Kier alpha value is -1.93. The predicted octanol–water partition coefficient (Wildman–Crippen LogP) is -0.852. The number of nitrogens with two attached hydrogens (primary N) is 1. The molecular weight excluding hydrogens is 248 g/mol. The number of amides is 1. The van der Waals surface area contributed by atoms with Gasteiger partial charge in [-0.25, -0.2) is 8.42 Å². The van der Waals surface area contributed by atoms with Gasteiger partial charge in [-0.05, 0) is 24.3 Å². The number of primary amides is 1. The summed E-state index contributed by atoms with van der Waals surface area (Å²) in [6.45, 7) is -0.708. The van der Waals surface area contributed by atoms with Crippen molar-refractivity contribution < 1.29 is 23.1 Å². The van der Waals surface area contributed by atoms with Gasteiger partial charge in [-0.2, -0.15) is 4.72 Å². The second-order valence-corrected chi connectivity index (χ2v) is 4.87. The first-order valence-corrected chi connectivity index (χ1v) is 5.92. The molecule has 0 saturated carbocycles. The Balaban J connectivity index is 2.92. The van der Waals surface area contributed by atoms with Gasteiger partial charge >= 0.3 is 5.97 Å². The van der Waals surface area contributed by atoms with Crippen LogP contribution >= 0.6 is 0 Å². The Morgan fingerprint density at radius 2 is 1.76 bits per heavy atom. The van der Waals surface area contributed by atoms with Gasteiger partial charge in [0, 0.05) is 5.56 Å². The van der Waals surface area contributed by atoms with E-state index < -0.39 is 28.4 Å². The highest BCUT2D eigenvalue weighted by molar-refractivity contribution is 7.89. The number of hydrogen-bond acceptors (Lipinski definition) is 4. The maximum Gasteiger partial charge on any atom is 0.318 e. The summed E-state index contributed by atoms with van der Waals surface area (Å²) in [4.78, 5) is 20.9. The maximum absolute atomic E-state index is 11.5. The molecule has 0 aromatic heterocycles. The van der Waals surface area contributed by atoms with Gasteiger partial charge in [0.15, 0.2) is 0 Å². The lowest BCUT2D eigenvalue weighted by molar-refractivity contribution is -0.135. The van der Waals surface area contributed by atoms with Crippen molar-refractivity contribution in [2.75, 3.05) is 6.54 Å². The third-order valence-electron chi connectivity index (χ3n) is 1.86. The summed E-state index contributed by atoms with van der Waals surface area (Å²) in [6, 6.07) is 4.84. The molecule has 0 spiro atoms. The minimum atomic E-state index is -3.88. The molecular formula is C9H10N2O5S. The highest BCUT2D eigenvalue weighted by Crippen LogP contribution is 2.09. The van der Waals surface area contributed by atoms with Crippen LogP contribution in [0.4, 0.5) is 0 Å². The van der Waals surface area contributed by atoms with E-state index in [9.17, 15) is 18.0 Å². The quantitative estimate of drug-likeness (QED) is 0.634. The first-order chi connectivity index (χ1) is 7.83. The molecule has 0 aliphatic carbocycles. The van der Waals surface area contributed by atoms with E-state index in [0.717, 1.165) is 0 Å². The number of carbonyl (C=O) groups excluding carboxylic acids is 1. The molecule has 17 heavy (non-hydrogen) atoms. The van der Waals surface area contributed by atoms with Crippen molar-refractivity contribution in [3.63, 3.8) is 0 Å². The molecule has 0 bridgehead atoms. The lowest BCUT2D eigenvalue weighted by atomic mass is 10.2. The normalized spacial score (nSPS) is 11.1. The topological polar surface area (TPSA) is 127 Å². The van der Waals surface area contributed by atoms with E-state index >= 15 is 0 Å². The van der Waals surface area contributed by atoms with Crippen molar-refractivity contribution in [1.82, 2.24) is 4.72 Å². The van der Waals surface area contributed by atoms with Crippen LogP contribution in [0.15, 0.2) is 29.2 Å². The third kappa shape index (κ3) is 3.54. The van der Waals surface area contributed by atoms with Crippen LogP contribution in [0.2, 0.25) is 0 Å². The average molecular weight is 258 g/mol. The Kier molecular flexibility index (Phi) is 3.81. The molecule has 0 saturated heterocycles. The van der Waals surface area contributed by atoms with Crippen LogP contribution in [0.3, 0.4) is 0 Å². The SMILES string of the molecule is NC(=O)c1ccc(S(=O)(=O)NCC(=O)O)cc1. The summed E-state index contributed by atoms with van der Waals surface area (Å²) in [5.41, 5.74) is 5.16. The number of carboxylic acid groups (broad SMARTS) is 1. The van der Waals surface area contributed by atoms with E-state index in [4.69, 9.17) is 10.8 Å². The van der Waals surface area contributed by atoms with Crippen molar-refractivity contribution in [1.29, 1.82) is 0 Å². The van der Waals surface area contributed by atoms with E-state index in [0.29, 0.717) is 0 Å². The molecule has 8 heteroatoms. The van der Waals surface area contributed by atoms with Crippen LogP contribution in [0, 0.1) is 0 Å². The van der Waals surface area contributed by atoms with E-state index in [1.807, 2.05) is 4.72 Å². The molecule has 1 amide bonds. The van der Waals surface area contributed by atoms with Gasteiger partial charge in [0.1, 0.15) is 6.54 Å². The number of hydrogen-bond donors (Lipinski definition) is 3. The van der Waals surface area contributed by atoms with Gasteiger partial charge in [0.05, 0.1) is 4.90 Å². The van der Waals surface area contributed by atoms with Crippen LogP contribution in [0.25, 0.3) is 0 Å². The van der Waals surface area contributed by atoms with Crippen molar-refractivity contribution >= 4 is 21.9 Å². The zero-order valence-electron chi connectivity index (χ0n) is 8.58. The molecule has 1 rings (SSSR count). The lowest BCUT2D eigenvalue weighted by Gasteiger charge is -2.04. The summed E-state index contributed by atoms with van der Waals surface area (Å²) >= 11 is 0. The predicted molar refractivity (Wildman–Crippen MR) is 57.8 cm³/mol. The fourth-order valence-electron chi connectivity index (χ4n) is 1.04. The fraction of sp³-hybridized carbons (Fsp3) is 0.111. The van der Waals surface area contributed by atoms with Gasteiger partial charge in [0.2, 0.25) is 15.9 Å². The Bertz CT molecular complexity index is 535. The van der Waals surface area contributed by atoms with Crippen LogP contribution in [-0.4, -0.2) is 31.9 Å². The number of rotatable bonds is 5. The van der Waals surface area contributed by atoms with Gasteiger partial charge < -0.3 is 10.8 Å². The standard InChI is InChI=1S/C9H10N2O5S/c10-9(14)6-1-3-7(4-2-6)17(15,16)11-5-8(12)13/h1-4,11H,5H2,(H2,10,14)(H,12,13). The lowest BCUT2D eigenvalue weighted by Crippen LogP contribution is -2.29. The second-order valence-electron chi connectivity index (χ2n) is 3.11. The fourth-order valence-corrected chi connectivity index (χ4v) is 2.01. The molecule has 0 atom stereocenters. The second kappa shape index (κ2) is 4.93. The van der Waals surface area contributed by atoms with E-state index in [1.165, 1.54) is 24.3 Å². The summed E-state index contributed by atoms with van der Waals surface area (Å²) < 4.78 is 24.9.